The molecule has 0 aliphatic heterocycles. The molecule has 3 heterocycles. The fraction of sp³-hybridized carbons (Fsp3) is 0.0909. The van der Waals surface area contributed by atoms with Crippen molar-refractivity contribution in [3.05, 3.63) is 36.3 Å². The number of hydrogen-bond acceptors (Lipinski definition) is 4. The Morgan fingerprint density at radius 2 is 2.12 bits per heavy atom. The third kappa shape index (κ3) is 1.45. The van der Waals surface area contributed by atoms with E-state index in [0.717, 1.165) is 5.56 Å². The van der Waals surface area contributed by atoms with Crippen LogP contribution in [-0.4, -0.2) is 24.4 Å². The molecule has 17 heavy (non-hydrogen) atoms. The van der Waals surface area contributed by atoms with Gasteiger partial charge in [-0.1, -0.05) is 0 Å². The van der Waals surface area contributed by atoms with Gasteiger partial charge in [0.15, 0.2) is 11.5 Å². The van der Waals surface area contributed by atoms with Crippen molar-refractivity contribution in [2.24, 2.45) is 7.05 Å². The maximum absolute atomic E-state index is 8.88. The number of aryl methyl sites for hydroxylation is 1. The lowest BCUT2D eigenvalue weighted by Gasteiger charge is -1.96. The predicted octanol–water partition coefficient (Wildman–Crippen LogP) is 1.00. The van der Waals surface area contributed by atoms with Crippen LogP contribution >= 0.6 is 0 Å². The van der Waals surface area contributed by atoms with Crippen molar-refractivity contribution in [2.45, 2.75) is 0 Å². The van der Waals surface area contributed by atoms with Gasteiger partial charge in [0.1, 0.15) is 6.07 Å². The zero-order valence-electron chi connectivity index (χ0n) is 9.07. The van der Waals surface area contributed by atoms with Crippen LogP contribution in [0.1, 0.15) is 5.56 Å². The van der Waals surface area contributed by atoms with Gasteiger partial charge < -0.3 is 0 Å². The molecule has 0 aromatic carbocycles. The summed E-state index contributed by atoms with van der Waals surface area (Å²) in [6.45, 7) is 0. The predicted molar refractivity (Wildman–Crippen MR) is 59.9 cm³/mol. The second kappa shape index (κ2) is 3.42. The molecule has 0 aliphatic rings. The summed E-state index contributed by atoms with van der Waals surface area (Å²) in [6, 6.07) is 5.58. The Balaban J connectivity index is 2.27. The van der Waals surface area contributed by atoms with Crippen LogP contribution in [0.4, 0.5) is 0 Å². The molecule has 0 spiro atoms. The molecular formula is C11H8N6. The number of rotatable bonds is 1. The third-order valence-corrected chi connectivity index (χ3v) is 2.49. The van der Waals surface area contributed by atoms with E-state index in [1.807, 2.05) is 13.2 Å². The minimum Gasteiger partial charge on any atom is -0.281 e. The van der Waals surface area contributed by atoms with E-state index >= 15 is 0 Å². The van der Waals surface area contributed by atoms with Crippen LogP contribution in [0.15, 0.2) is 30.7 Å². The molecule has 0 unspecified atom stereocenters. The first-order valence-corrected chi connectivity index (χ1v) is 5.02. The first-order chi connectivity index (χ1) is 8.28. The molecule has 0 atom stereocenters. The summed E-state index contributed by atoms with van der Waals surface area (Å²) < 4.78 is 3.49. The van der Waals surface area contributed by atoms with E-state index in [1.165, 1.54) is 0 Å². The summed E-state index contributed by atoms with van der Waals surface area (Å²) in [5.41, 5.74) is 2.15. The summed E-state index contributed by atoms with van der Waals surface area (Å²) in [5.74, 6) is 0.685. The van der Waals surface area contributed by atoms with Crippen molar-refractivity contribution >= 4 is 5.65 Å². The molecule has 3 rings (SSSR count). The summed E-state index contributed by atoms with van der Waals surface area (Å²) in [7, 11) is 1.84. The van der Waals surface area contributed by atoms with Crippen LogP contribution in [0.5, 0.6) is 0 Å². The van der Waals surface area contributed by atoms with Gasteiger partial charge in [-0.3, -0.25) is 9.08 Å². The van der Waals surface area contributed by atoms with Crippen LogP contribution in [-0.2, 0) is 7.05 Å². The number of nitrogens with zero attached hydrogens (tertiary/aromatic N) is 6. The van der Waals surface area contributed by atoms with Crippen LogP contribution < -0.4 is 0 Å². The quantitative estimate of drug-likeness (QED) is 0.618. The van der Waals surface area contributed by atoms with Gasteiger partial charge in [-0.05, 0) is 12.1 Å². The highest BCUT2D eigenvalue weighted by molar-refractivity contribution is 5.58. The van der Waals surface area contributed by atoms with Crippen molar-refractivity contribution in [1.82, 2.24) is 24.4 Å². The summed E-state index contributed by atoms with van der Waals surface area (Å²) >= 11 is 0. The Morgan fingerprint density at radius 1 is 1.24 bits per heavy atom. The van der Waals surface area contributed by atoms with E-state index in [-0.39, 0.29) is 0 Å². The number of fused-ring (bicyclic) bond motifs is 1. The Hall–Kier alpha value is -2.68. The number of pyridine rings is 1. The zero-order chi connectivity index (χ0) is 11.8. The molecule has 0 N–H and O–H groups in total. The molecule has 6 heteroatoms. The van der Waals surface area contributed by atoms with E-state index in [9.17, 15) is 0 Å². The molecule has 0 bridgehead atoms. The molecule has 0 amide bonds. The first kappa shape index (κ1) is 9.54. The number of hydrogen-bond donors (Lipinski definition) is 0. The first-order valence-electron chi connectivity index (χ1n) is 5.02. The normalized spacial score (nSPS) is 10.6. The number of nitriles is 1. The van der Waals surface area contributed by atoms with Gasteiger partial charge in [0.25, 0.3) is 0 Å². The molecule has 0 radical (unpaired) electrons. The van der Waals surface area contributed by atoms with E-state index < -0.39 is 0 Å². The highest BCUT2D eigenvalue weighted by atomic mass is 15.3. The molecule has 0 saturated heterocycles. The lowest BCUT2D eigenvalue weighted by molar-refractivity contribution is 0.768. The number of aromatic nitrogens is 5. The molecule has 3 aromatic rings. The fourth-order valence-corrected chi connectivity index (χ4v) is 1.69. The highest BCUT2D eigenvalue weighted by Crippen LogP contribution is 2.17. The molecule has 3 aromatic heterocycles. The van der Waals surface area contributed by atoms with Crippen molar-refractivity contribution in [3.63, 3.8) is 0 Å². The molecule has 0 fully saturated rings. The lowest BCUT2D eigenvalue weighted by Crippen LogP contribution is -1.90. The van der Waals surface area contributed by atoms with Crippen molar-refractivity contribution in [2.75, 3.05) is 0 Å². The second-order valence-electron chi connectivity index (χ2n) is 3.68. The molecule has 0 saturated carbocycles. The van der Waals surface area contributed by atoms with Crippen molar-refractivity contribution in [1.29, 1.82) is 5.26 Å². The topological polar surface area (TPSA) is 71.8 Å². The van der Waals surface area contributed by atoms with Crippen LogP contribution in [0.25, 0.3) is 17.0 Å². The van der Waals surface area contributed by atoms with Crippen molar-refractivity contribution < 1.29 is 0 Å². The Kier molecular flexibility index (Phi) is 1.92. The summed E-state index contributed by atoms with van der Waals surface area (Å²) in [5, 5.41) is 21.1. The van der Waals surface area contributed by atoms with Gasteiger partial charge in [0.05, 0.1) is 17.3 Å². The second-order valence-corrected chi connectivity index (χ2v) is 3.68. The molecular weight excluding hydrogens is 216 g/mol. The Morgan fingerprint density at radius 3 is 2.82 bits per heavy atom. The van der Waals surface area contributed by atoms with E-state index in [2.05, 4.69) is 21.4 Å². The maximum Gasteiger partial charge on any atom is 0.171 e. The average Bonchev–Trinajstić information content (AvgIpc) is 2.93. The van der Waals surface area contributed by atoms with Crippen LogP contribution in [0.3, 0.4) is 0 Å². The minimum atomic E-state index is 0.572. The molecule has 0 aliphatic carbocycles. The van der Waals surface area contributed by atoms with Crippen molar-refractivity contribution in [3.8, 4) is 17.5 Å². The van der Waals surface area contributed by atoms with Gasteiger partial charge in [0.2, 0.25) is 0 Å². The maximum atomic E-state index is 8.88. The lowest BCUT2D eigenvalue weighted by atomic mass is 10.3. The Labute approximate surface area is 96.7 Å². The van der Waals surface area contributed by atoms with E-state index in [4.69, 9.17) is 5.26 Å². The largest absolute Gasteiger partial charge is 0.281 e. The van der Waals surface area contributed by atoms with Gasteiger partial charge in [-0.15, -0.1) is 10.2 Å². The van der Waals surface area contributed by atoms with Gasteiger partial charge in [-0.2, -0.15) is 10.4 Å². The average molecular weight is 224 g/mol. The SMILES string of the molecule is Cn1cc(-c2nnc3ccc(C#N)cn23)cn1. The molecule has 82 valence electrons. The standard InChI is InChI=1S/C11H8N6/c1-16-7-9(5-13-16)11-15-14-10-3-2-8(4-12)6-17(10)11/h2-3,5-7H,1H3. The van der Waals surface area contributed by atoms with E-state index in [1.54, 1.807) is 33.6 Å². The van der Waals surface area contributed by atoms with Gasteiger partial charge in [0, 0.05) is 19.4 Å². The minimum absolute atomic E-state index is 0.572. The van der Waals surface area contributed by atoms with E-state index in [0.29, 0.717) is 17.0 Å². The Bertz CT molecular complexity index is 730. The highest BCUT2D eigenvalue weighted by Gasteiger charge is 2.09. The monoisotopic (exact) mass is 224 g/mol. The summed E-state index contributed by atoms with van der Waals surface area (Å²) in [6.07, 6.45) is 5.29. The van der Waals surface area contributed by atoms with Gasteiger partial charge in [-0.25, -0.2) is 0 Å². The zero-order valence-corrected chi connectivity index (χ0v) is 9.07. The summed E-state index contributed by atoms with van der Waals surface area (Å²) in [4.78, 5) is 0. The smallest absolute Gasteiger partial charge is 0.171 e. The fourth-order valence-electron chi connectivity index (χ4n) is 1.69. The van der Waals surface area contributed by atoms with Crippen LogP contribution in [0.2, 0.25) is 0 Å². The van der Waals surface area contributed by atoms with Crippen LogP contribution in [0, 0.1) is 11.3 Å². The third-order valence-electron chi connectivity index (χ3n) is 2.49. The molecule has 6 nitrogen and oxygen atoms in total. The van der Waals surface area contributed by atoms with Gasteiger partial charge >= 0.3 is 0 Å².